The number of hydrogen-bond acceptors (Lipinski definition) is 3. The number of benzene rings is 1. The maximum atomic E-state index is 5.78. The highest BCUT2D eigenvalue weighted by Crippen LogP contribution is 2.41. The third kappa shape index (κ3) is 3.42. The first-order valence-corrected chi connectivity index (χ1v) is 7.58. The van der Waals surface area contributed by atoms with Gasteiger partial charge in [-0.3, -0.25) is 0 Å². The van der Waals surface area contributed by atoms with Crippen LogP contribution in [0.15, 0.2) is 16.6 Å². The van der Waals surface area contributed by atoms with Gasteiger partial charge in [-0.15, -0.1) is 0 Å². The van der Waals surface area contributed by atoms with E-state index in [1.165, 1.54) is 5.56 Å². The molecule has 0 aromatic heterocycles. The Morgan fingerprint density at radius 3 is 2.47 bits per heavy atom. The van der Waals surface area contributed by atoms with Crippen molar-refractivity contribution in [3.05, 3.63) is 22.2 Å². The Hall–Kier alpha value is -0.740. The van der Waals surface area contributed by atoms with Crippen LogP contribution in [0.2, 0.25) is 0 Å². The van der Waals surface area contributed by atoms with Crippen molar-refractivity contribution >= 4 is 15.9 Å². The van der Waals surface area contributed by atoms with Crippen molar-refractivity contribution in [2.75, 3.05) is 26.8 Å². The SMILES string of the molecule is CNCCC(C)(C)c1cc2c(cc1Br)OCCCO2. The molecule has 0 atom stereocenters. The molecule has 0 saturated heterocycles. The lowest BCUT2D eigenvalue weighted by atomic mass is 9.81. The average molecular weight is 328 g/mol. The summed E-state index contributed by atoms with van der Waals surface area (Å²) in [5.41, 5.74) is 1.36. The molecular weight excluding hydrogens is 306 g/mol. The van der Waals surface area contributed by atoms with Crippen molar-refractivity contribution in [3.8, 4) is 11.5 Å². The van der Waals surface area contributed by atoms with Gasteiger partial charge in [-0.2, -0.15) is 0 Å². The third-order valence-corrected chi connectivity index (χ3v) is 4.22. The smallest absolute Gasteiger partial charge is 0.162 e. The molecule has 1 aliphatic heterocycles. The first-order valence-electron chi connectivity index (χ1n) is 6.79. The van der Waals surface area contributed by atoms with Crippen LogP contribution in [0.1, 0.15) is 32.3 Å². The molecule has 3 nitrogen and oxygen atoms in total. The normalized spacial score (nSPS) is 15.2. The molecule has 0 spiro atoms. The number of nitrogens with one attached hydrogen (secondary N) is 1. The van der Waals surface area contributed by atoms with Crippen molar-refractivity contribution in [3.63, 3.8) is 0 Å². The van der Waals surface area contributed by atoms with Gasteiger partial charge in [-0.05, 0) is 43.1 Å². The van der Waals surface area contributed by atoms with Crippen LogP contribution in [0.4, 0.5) is 0 Å². The van der Waals surface area contributed by atoms with E-state index in [1.54, 1.807) is 0 Å². The van der Waals surface area contributed by atoms with E-state index in [-0.39, 0.29) is 5.41 Å². The second kappa shape index (κ2) is 6.14. The van der Waals surface area contributed by atoms with Gasteiger partial charge in [0, 0.05) is 10.9 Å². The van der Waals surface area contributed by atoms with E-state index in [4.69, 9.17) is 9.47 Å². The first kappa shape index (κ1) is 14.7. The maximum absolute atomic E-state index is 5.78. The summed E-state index contributed by atoms with van der Waals surface area (Å²) in [7, 11) is 1.99. The predicted octanol–water partition coefficient (Wildman–Crippen LogP) is 3.50. The summed E-state index contributed by atoms with van der Waals surface area (Å²) in [6.07, 6.45) is 2.01. The quantitative estimate of drug-likeness (QED) is 0.918. The third-order valence-electron chi connectivity index (χ3n) is 3.57. The standard InChI is InChI=1S/C15H22BrNO2/c1-15(2,5-6-17-3)11-9-13-14(10-12(11)16)19-8-4-7-18-13/h9-10,17H,4-8H2,1-3H3. The van der Waals surface area contributed by atoms with Gasteiger partial charge in [-0.1, -0.05) is 29.8 Å². The maximum Gasteiger partial charge on any atom is 0.162 e. The zero-order valence-corrected chi connectivity index (χ0v) is 13.5. The molecule has 1 aliphatic rings. The summed E-state index contributed by atoms with van der Waals surface area (Å²) in [6.45, 7) is 6.96. The second-order valence-corrected chi connectivity index (χ2v) is 6.42. The number of ether oxygens (including phenoxy) is 2. The highest BCUT2D eigenvalue weighted by Gasteiger charge is 2.25. The molecule has 0 saturated carbocycles. The monoisotopic (exact) mass is 327 g/mol. The lowest BCUT2D eigenvalue weighted by Crippen LogP contribution is -2.24. The minimum atomic E-state index is 0.0898. The van der Waals surface area contributed by atoms with Crippen LogP contribution in [0.5, 0.6) is 11.5 Å². The van der Waals surface area contributed by atoms with Crippen LogP contribution in [0.25, 0.3) is 0 Å². The summed E-state index contributed by atoms with van der Waals surface area (Å²) < 4.78 is 12.6. The molecule has 4 heteroatoms. The minimum Gasteiger partial charge on any atom is -0.490 e. The van der Waals surface area contributed by atoms with Crippen molar-refractivity contribution in [2.24, 2.45) is 0 Å². The number of fused-ring (bicyclic) bond motifs is 1. The molecule has 1 aromatic rings. The average Bonchev–Trinajstić information content (AvgIpc) is 2.60. The fourth-order valence-corrected chi connectivity index (χ4v) is 3.13. The van der Waals surface area contributed by atoms with Crippen LogP contribution >= 0.6 is 15.9 Å². The topological polar surface area (TPSA) is 30.5 Å². The Kier molecular flexibility index (Phi) is 4.74. The van der Waals surface area contributed by atoms with Gasteiger partial charge in [0.15, 0.2) is 11.5 Å². The molecule has 1 N–H and O–H groups in total. The van der Waals surface area contributed by atoms with Gasteiger partial charge < -0.3 is 14.8 Å². The molecule has 0 amide bonds. The molecule has 0 aliphatic carbocycles. The Bertz CT molecular complexity index is 446. The van der Waals surface area contributed by atoms with Crippen LogP contribution in [-0.2, 0) is 5.41 Å². The van der Waals surface area contributed by atoms with Crippen molar-refractivity contribution < 1.29 is 9.47 Å². The highest BCUT2D eigenvalue weighted by molar-refractivity contribution is 9.10. The lowest BCUT2D eigenvalue weighted by Gasteiger charge is -2.27. The minimum absolute atomic E-state index is 0.0898. The van der Waals surface area contributed by atoms with Gasteiger partial charge in [-0.25, -0.2) is 0 Å². The Morgan fingerprint density at radius 2 is 1.84 bits per heavy atom. The van der Waals surface area contributed by atoms with Crippen LogP contribution in [-0.4, -0.2) is 26.8 Å². The molecule has 0 bridgehead atoms. The zero-order chi connectivity index (χ0) is 13.9. The van der Waals surface area contributed by atoms with Gasteiger partial charge >= 0.3 is 0 Å². The number of halogens is 1. The van der Waals surface area contributed by atoms with E-state index in [9.17, 15) is 0 Å². The van der Waals surface area contributed by atoms with Gasteiger partial charge in [0.05, 0.1) is 13.2 Å². The van der Waals surface area contributed by atoms with Crippen molar-refractivity contribution in [2.45, 2.75) is 32.1 Å². The summed E-state index contributed by atoms with van der Waals surface area (Å²) in [5, 5.41) is 3.21. The van der Waals surface area contributed by atoms with Crippen LogP contribution in [0.3, 0.4) is 0 Å². The first-order chi connectivity index (χ1) is 9.04. The van der Waals surface area contributed by atoms with E-state index in [0.717, 1.165) is 48.6 Å². The van der Waals surface area contributed by atoms with E-state index in [1.807, 2.05) is 13.1 Å². The van der Waals surface area contributed by atoms with E-state index < -0.39 is 0 Å². The van der Waals surface area contributed by atoms with Crippen molar-refractivity contribution in [1.29, 1.82) is 0 Å². The molecule has 0 unspecified atom stereocenters. The van der Waals surface area contributed by atoms with Gasteiger partial charge in [0.1, 0.15) is 0 Å². The molecule has 1 aromatic carbocycles. The highest BCUT2D eigenvalue weighted by atomic mass is 79.9. The molecule has 19 heavy (non-hydrogen) atoms. The van der Waals surface area contributed by atoms with Gasteiger partial charge in [0.25, 0.3) is 0 Å². The van der Waals surface area contributed by atoms with Gasteiger partial charge in [0.2, 0.25) is 0 Å². The second-order valence-electron chi connectivity index (χ2n) is 5.57. The number of hydrogen-bond donors (Lipinski definition) is 1. The molecule has 1 heterocycles. The molecular formula is C15H22BrNO2. The molecule has 106 valence electrons. The summed E-state index contributed by atoms with van der Waals surface area (Å²) in [6, 6.07) is 4.16. The summed E-state index contributed by atoms with van der Waals surface area (Å²) in [5.74, 6) is 1.71. The lowest BCUT2D eigenvalue weighted by molar-refractivity contribution is 0.296. The summed E-state index contributed by atoms with van der Waals surface area (Å²) >= 11 is 3.67. The van der Waals surface area contributed by atoms with Crippen LogP contribution in [0, 0.1) is 0 Å². The number of rotatable bonds is 4. The fourth-order valence-electron chi connectivity index (χ4n) is 2.27. The fraction of sp³-hybridized carbons (Fsp3) is 0.600. The zero-order valence-electron chi connectivity index (χ0n) is 11.9. The van der Waals surface area contributed by atoms with E-state index in [2.05, 4.69) is 41.2 Å². The predicted molar refractivity (Wildman–Crippen MR) is 81.3 cm³/mol. The molecule has 2 rings (SSSR count). The van der Waals surface area contributed by atoms with Crippen LogP contribution < -0.4 is 14.8 Å². The largest absolute Gasteiger partial charge is 0.490 e. The summed E-state index contributed by atoms with van der Waals surface area (Å²) in [4.78, 5) is 0. The molecule has 0 fully saturated rings. The Labute approximate surface area is 123 Å². The molecule has 0 radical (unpaired) electrons. The Balaban J connectivity index is 2.33. The van der Waals surface area contributed by atoms with E-state index in [0.29, 0.717) is 0 Å². The Morgan fingerprint density at radius 1 is 1.21 bits per heavy atom. The van der Waals surface area contributed by atoms with Crippen molar-refractivity contribution in [1.82, 2.24) is 5.32 Å². The van der Waals surface area contributed by atoms with E-state index >= 15 is 0 Å².